The molecule has 0 aliphatic carbocycles. The molecule has 5 heteroatoms. The zero-order chi connectivity index (χ0) is 16.9. The van der Waals surface area contributed by atoms with Crippen molar-refractivity contribution in [2.45, 2.75) is 13.8 Å². The number of esters is 1. The molecule has 24 heavy (non-hydrogen) atoms. The molecule has 0 aliphatic rings. The van der Waals surface area contributed by atoms with E-state index in [4.69, 9.17) is 9.47 Å². The van der Waals surface area contributed by atoms with Crippen LogP contribution in [0.15, 0.2) is 54.6 Å². The van der Waals surface area contributed by atoms with Crippen LogP contribution in [0.25, 0.3) is 11.3 Å². The number of thiazole rings is 1. The van der Waals surface area contributed by atoms with Gasteiger partial charge in [-0.1, -0.05) is 18.2 Å². The topological polar surface area (TPSA) is 48.4 Å². The summed E-state index contributed by atoms with van der Waals surface area (Å²) in [6.45, 7) is 4.02. The van der Waals surface area contributed by atoms with Crippen molar-refractivity contribution >= 4 is 17.3 Å². The van der Waals surface area contributed by atoms with E-state index in [1.807, 2.05) is 61.5 Å². The van der Waals surface area contributed by atoms with Gasteiger partial charge in [0, 0.05) is 5.56 Å². The van der Waals surface area contributed by atoms with E-state index >= 15 is 0 Å². The maximum Gasteiger partial charge on any atom is 0.350 e. The van der Waals surface area contributed by atoms with E-state index in [0.29, 0.717) is 17.2 Å². The second-order valence-electron chi connectivity index (χ2n) is 5.07. The van der Waals surface area contributed by atoms with Gasteiger partial charge in [0.15, 0.2) is 0 Å². The summed E-state index contributed by atoms with van der Waals surface area (Å²) in [6, 6.07) is 17.1. The first kappa shape index (κ1) is 16.2. The van der Waals surface area contributed by atoms with Crippen molar-refractivity contribution in [3.8, 4) is 22.8 Å². The van der Waals surface area contributed by atoms with Crippen molar-refractivity contribution in [2.75, 3.05) is 6.61 Å². The first-order chi connectivity index (χ1) is 11.7. The van der Waals surface area contributed by atoms with E-state index in [0.717, 1.165) is 22.1 Å². The highest BCUT2D eigenvalue weighted by Crippen LogP contribution is 2.31. The molecule has 3 rings (SSSR count). The van der Waals surface area contributed by atoms with Crippen molar-refractivity contribution in [1.82, 2.24) is 4.98 Å². The van der Waals surface area contributed by atoms with Crippen molar-refractivity contribution in [2.24, 2.45) is 0 Å². The Morgan fingerprint density at radius 2 is 1.71 bits per heavy atom. The highest BCUT2D eigenvalue weighted by Gasteiger charge is 2.19. The first-order valence-corrected chi connectivity index (χ1v) is 8.47. The zero-order valence-electron chi connectivity index (χ0n) is 13.5. The van der Waals surface area contributed by atoms with Gasteiger partial charge in [-0.3, -0.25) is 0 Å². The van der Waals surface area contributed by atoms with Gasteiger partial charge < -0.3 is 9.47 Å². The lowest BCUT2D eigenvalue weighted by molar-refractivity contribution is 0.0532. The maximum atomic E-state index is 12.1. The van der Waals surface area contributed by atoms with E-state index in [9.17, 15) is 4.79 Å². The molecular formula is C19H17NO3S. The van der Waals surface area contributed by atoms with Crippen LogP contribution >= 0.6 is 11.3 Å². The van der Waals surface area contributed by atoms with Crippen LogP contribution in [0, 0.1) is 6.92 Å². The number of carbonyl (C=O) groups excluding carboxylic acids is 1. The number of carbonyl (C=O) groups is 1. The van der Waals surface area contributed by atoms with Gasteiger partial charge in [0.2, 0.25) is 0 Å². The standard InChI is InChI=1S/C19H17NO3S/c1-3-22-19(21)18-17(20-13(2)24-18)14-9-11-16(12-10-14)23-15-7-5-4-6-8-15/h4-12H,3H2,1-2H3. The minimum absolute atomic E-state index is 0.331. The van der Waals surface area contributed by atoms with Crippen LogP contribution in [-0.2, 0) is 4.74 Å². The highest BCUT2D eigenvalue weighted by molar-refractivity contribution is 7.14. The zero-order valence-corrected chi connectivity index (χ0v) is 14.3. The number of ether oxygens (including phenoxy) is 2. The molecule has 0 saturated heterocycles. The number of rotatable bonds is 5. The van der Waals surface area contributed by atoms with Gasteiger partial charge in [-0.25, -0.2) is 9.78 Å². The molecule has 0 aliphatic heterocycles. The van der Waals surface area contributed by atoms with Gasteiger partial charge in [0.1, 0.15) is 16.4 Å². The fourth-order valence-corrected chi connectivity index (χ4v) is 3.10. The Balaban J connectivity index is 1.85. The van der Waals surface area contributed by atoms with Gasteiger partial charge in [0.25, 0.3) is 0 Å². The lowest BCUT2D eigenvalue weighted by Gasteiger charge is -2.07. The van der Waals surface area contributed by atoms with Gasteiger partial charge in [-0.15, -0.1) is 11.3 Å². The second kappa shape index (κ2) is 7.27. The normalized spacial score (nSPS) is 10.4. The molecule has 0 bridgehead atoms. The average molecular weight is 339 g/mol. The van der Waals surface area contributed by atoms with Gasteiger partial charge in [0.05, 0.1) is 17.3 Å². The molecule has 0 spiro atoms. The Labute approximate surface area is 144 Å². The van der Waals surface area contributed by atoms with Gasteiger partial charge in [-0.05, 0) is 50.2 Å². The SMILES string of the molecule is CCOC(=O)c1sc(C)nc1-c1ccc(Oc2ccccc2)cc1. The third-order valence-electron chi connectivity index (χ3n) is 3.30. The number of aryl methyl sites for hydroxylation is 1. The van der Waals surface area contributed by atoms with Crippen molar-refractivity contribution < 1.29 is 14.3 Å². The third-order valence-corrected chi connectivity index (χ3v) is 4.25. The molecule has 2 aromatic carbocycles. The predicted molar refractivity (Wildman–Crippen MR) is 94.8 cm³/mol. The number of benzene rings is 2. The van der Waals surface area contributed by atoms with Crippen LogP contribution < -0.4 is 4.74 Å². The van der Waals surface area contributed by atoms with Crippen molar-refractivity contribution in [1.29, 1.82) is 0 Å². The molecule has 122 valence electrons. The molecule has 4 nitrogen and oxygen atoms in total. The second-order valence-corrected chi connectivity index (χ2v) is 6.27. The van der Waals surface area contributed by atoms with Crippen LogP contribution in [0.3, 0.4) is 0 Å². The molecule has 0 N–H and O–H groups in total. The van der Waals surface area contributed by atoms with E-state index < -0.39 is 0 Å². The maximum absolute atomic E-state index is 12.1. The average Bonchev–Trinajstić information content (AvgIpc) is 2.99. The minimum Gasteiger partial charge on any atom is -0.462 e. The van der Waals surface area contributed by atoms with E-state index in [1.54, 1.807) is 6.92 Å². The van der Waals surface area contributed by atoms with Crippen LogP contribution in [0.1, 0.15) is 21.6 Å². The van der Waals surface area contributed by atoms with Crippen LogP contribution in [0.2, 0.25) is 0 Å². The third kappa shape index (κ3) is 3.63. The number of hydrogen-bond donors (Lipinski definition) is 0. The lowest BCUT2D eigenvalue weighted by Crippen LogP contribution is -2.03. The molecule has 0 saturated carbocycles. The summed E-state index contributed by atoms with van der Waals surface area (Å²) in [5.41, 5.74) is 1.52. The fourth-order valence-electron chi connectivity index (χ4n) is 2.26. The number of para-hydroxylation sites is 1. The van der Waals surface area contributed by atoms with Crippen molar-refractivity contribution in [3.05, 3.63) is 64.5 Å². The number of nitrogens with zero attached hydrogens (tertiary/aromatic N) is 1. The van der Waals surface area contributed by atoms with E-state index in [-0.39, 0.29) is 5.97 Å². The Morgan fingerprint density at radius 3 is 2.38 bits per heavy atom. The molecular weight excluding hydrogens is 322 g/mol. The van der Waals surface area contributed by atoms with Crippen LogP contribution in [0.5, 0.6) is 11.5 Å². The van der Waals surface area contributed by atoms with Crippen LogP contribution in [-0.4, -0.2) is 17.6 Å². The number of aromatic nitrogens is 1. The Bertz CT molecular complexity index is 826. The molecule has 0 radical (unpaired) electrons. The summed E-state index contributed by atoms with van der Waals surface area (Å²) in [5, 5.41) is 0.831. The molecule has 1 heterocycles. The van der Waals surface area contributed by atoms with E-state index in [2.05, 4.69) is 4.98 Å². The first-order valence-electron chi connectivity index (χ1n) is 7.65. The highest BCUT2D eigenvalue weighted by atomic mass is 32.1. The largest absolute Gasteiger partial charge is 0.462 e. The van der Waals surface area contributed by atoms with Gasteiger partial charge >= 0.3 is 5.97 Å². The summed E-state index contributed by atoms with van der Waals surface area (Å²) in [4.78, 5) is 17.1. The summed E-state index contributed by atoms with van der Waals surface area (Å²) in [6.07, 6.45) is 0. The Kier molecular flexibility index (Phi) is 4.91. The molecule has 0 unspecified atom stereocenters. The predicted octanol–water partition coefficient (Wildman–Crippen LogP) is 5.09. The fraction of sp³-hybridized carbons (Fsp3) is 0.158. The molecule has 3 aromatic rings. The Morgan fingerprint density at radius 1 is 1.04 bits per heavy atom. The molecule has 0 amide bonds. The monoisotopic (exact) mass is 339 g/mol. The van der Waals surface area contributed by atoms with Gasteiger partial charge in [-0.2, -0.15) is 0 Å². The summed E-state index contributed by atoms with van der Waals surface area (Å²) in [7, 11) is 0. The lowest BCUT2D eigenvalue weighted by atomic mass is 10.1. The minimum atomic E-state index is -0.331. The summed E-state index contributed by atoms with van der Waals surface area (Å²) in [5.74, 6) is 1.18. The van der Waals surface area contributed by atoms with Crippen molar-refractivity contribution in [3.63, 3.8) is 0 Å². The van der Waals surface area contributed by atoms with E-state index in [1.165, 1.54) is 11.3 Å². The molecule has 1 aromatic heterocycles. The van der Waals surface area contributed by atoms with Crippen LogP contribution in [0.4, 0.5) is 0 Å². The quantitative estimate of drug-likeness (QED) is 0.608. The molecule has 0 atom stereocenters. The molecule has 0 fully saturated rings. The smallest absolute Gasteiger partial charge is 0.350 e. The Hall–Kier alpha value is -2.66. The number of hydrogen-bond acceptors (Lipinski definition) is 5. The summed E-state index contributed by atoms with van der Waals surface area (Å²) < 4.78 is 10.9. The summed E-state index contributed by atoms with van der Waals surface area (Å²) >= 11 is 1.35.